The van der Waals surface area contributed by atoms with Crippen LogP contribution in [0, 0.1) is 6.92 Å². The Kier molecular flexibility index (Phi) is 5.37. The summed E-state index contributed by atoms with van der Waals surface area (Å²) in [7, 11) is 1.66. The monoisotopic (exact) mass is 228 g/mol. The van der Waals surface area contributed by atoms with Crippen molar-refractivity contribution < 1.29 is 0 Å². The summed E-state index contributed by atoms with van der Waals surface area (Å²) in [6.07, 6.45) is 0. The number of nitrogens with zero attached hydrogens (tertiary/aromatic N) is 3. The largest absolute Gasteiger partial charge is 0.305 e. The first-order valence-corrected chi connectivity index (χ1v) is 5.26. The van der Waals surface area contributed by atoms with Crippen molar-refractivity contribution in [3.05, 3.63) is 59.7 Å². The van der Waals surface area contributed by atoms with Gasteiger partial charge in [-0.05, 0) is 6.92 Å². The second kappa shape index (κ2) is 7.11. The number of aliphatic imine (C=N–C) groups is 1. The maximum absolute atomic E-state index is 5.04. The average Bonchev–Trinajstić information content (AvgIpc) is 2.34. The summed E-state index contributed by atoms with van der Waals surface area (Å²) in [4.78, 5) is 4.03. The van der Waals surface area contributed by atoms with Crippen molar-refractivity contribution in [2.45, 2.75) is 6.92 Å². The van der Waals surface area contributed by atoms with Crippen molar-refractivity contribution in [1.29, 1.82) is 0 Å². The lowest BCUT2D eigenvalue weighted by Gasteiger charge is -1.94. The van der Waals surface area contributed by atoms with Crippen molar-refractivity contribution in [2.24, 2.45) is 21.2 Å². The van der Waals surface area contributed by atoms with Crippen LogP contribution in [0.2, 0.25) is 0 Å². The number of aryl methyl sites for hydroxylation is 1. The molecule has 1 aromatic rings. The van der Waals surface area contributed by atoms with Crippen molar-refractivity contribution in [1.82, 2.24) is 0 Å². The molecule has 0 saturated heterocycles. The summed E-state index contributed by atoms with van der Waals surface area (Å²) in [6.45, 7) is 2.04. The van der Waals surface area contributed by atoms with Gasteiger partial charge >= 0.3 is 0 Å². The van der Waals surface area contributed by atoms with Gasteiger partial charge in [-0.25, -0.2) is 0 Å². The molecule has 0 radical (unpaired) electrons. The summed E-state index contributed by atoms with van der Waals surface area (Å²) in [6, 6.07) is 15.7. The minimum atomic E-state index is 0.504. The quantitative estimate of drug-likeness (QED) is 0.259. The molecule has 0 bridgehead atoms. The highest BCUT2D eigenvalue weighted by Crippen LogP contribution is 2.01. The van der Waals surface area contributed by atoms with Crippen LogP contribution in [-0.2, 0) is 0 Å². The summed E-state index contributed by atoms with van der Waals surface area (Å²) in [5.41, 5.74) is 2.03. The minimum absolute atomic E-state index is 0.504. The van der Waals surface area contributed by atoms with Crippen molar-refractivity contribution >= 4 is 5.84 Å². The van der Waals surface area contributed by atoms with E-state index in [0.717, 1.165) is 5.56 Å². The first kappa shape index (κ1) is 12.8. The van der Waals surface area contributed by atoms with Crippen LogP contribution in [0.25, 0.3) is 0 Å². The summed E-state index contributed by atoms with van der Waals surface area (Å²) < 4.78 is 0. The van der Waals surface area contributed by atoms with E-state index in [1.54, 1.807) is 7.05 Å². The highest BCUT2D eigenvalue weighted by Gasteiger charge is 1.96. The molecule has 0 atom stereocenters. The molecular formula is C13H16N4. The van der Waals surface area contributed by atoms with Crippen LogP contribution in [0.1, 0.15) is 11.1 Å². The van der Waals surface area contributed by atoms with Crippen LogP contribution in [0.5, 0.6) is 0 Å². The lowest BCUT2D eigenvalue weighted by molar-refractivity contribution is 1.08. The molecule has 17 heavy (non-hydrogen) atoms. The molecule has 0 fully saturated rings. The van der Waals surface area contributed by atoms with E-state index in [1.165, 1.54) is 5.56 Å². The lowest BCUT2D eigenvalue weighted by Crippen LogP contribution is -1.95. The molecule has 0 saturated carbocycles. The summed E-state index contributed by atoms with van der Waals surface area (Å²) >= 11 is 0. The first-order chi connectivity index (χ1) is 8.27. The fourth-order valence-corrected chi connectivity index (χ4v) is 1.28. The third-order valence-electron chi connectivity index (χ3n) is 2.11. The van der Waals surface area contributed by atoms with E-state index in [0.29, 0.717) is 5.84 Å². The van der Waals surface area contributed by atoms with Crippen LogP contribution in [0.3, 0.4) is 0 Å². The van der Waals surface area contributed by atoms with E-state index in [1.807, 2.05) is 55.5 Å². The van der Waals surface area contributed by atoms with Crippen LogP contribution in [0.4, 0.5) is 0 Å². The van der Waals surface area contributed by atoms with E-state index in [-0.39, 0.29) is 0 Å². The van der Waals surface area contributed by atoms with Crippen molar-refractivity contribution in [3.8, 4) is 0 Å². The second-order valence-corrected chi connectivity index (χ2v) is 3.40. The Labute approximate surface area is 101 Å². The highest BCUT2D eigenvalue weighted by atomic mass is 15.3. The van der Waals surface area contributed by atoms with Crippen LogP contribution in [0.15, 0.2) is 63.9 Å². The van der Waals surface area contributed by atoms with Crippen molar-refractivity contribution in [3.63, 3.8) is 0 Å². The van der Waals surface area contributed by atoms with Gasteiger partial charge in [0.05, 0.1) is 0 Å². The number of hydrogen-bond donors (Lipinski definition) is 1. The zero-order chi connectivity index (χ0) is 12.5. The smallest absolute Gasteiger partial charge is 0.178 e. The van der Waals surface area contributed by atoms with E-state index >= 15 is 0 Å². The van der Waals surface area contributed by atoms with E-state index in [2.05, 4.69) is 15.3 Å². The first-order valence-electron chi connectivity index (χ1n) is 5.26. The molecule has 0 unspecified atom stereocenters. The molecule has 0 amide bonds. The van der Waals surface area contributed by atoms with Gasteiger partial charge in [0.2, 0.25) is 0 Å². The maximum atomic E-state index is 5.04. The van der Waals surface area contributed by atoms with Gasteiger partial charge < -0.3 is 5.84 Å². The van der Waals surface area contributed by atoms with E-state index in [4.69, 9.17) is 5.84 Å². The molecule has 2 N–H and O–H groups in total. The lowest BCUT2D eigenvalue weighted by atomic mass is 10.2. The predicted molar refractivity (Wildman–Crippen MR) is 70.3 cm³/mol. The third-order valence-corrected chi connectivity index (χ3v) is 2.11. The predicted octanol–water partition coefficient (Wildman–Crippen LogP) is 2.82. The molecule has 1 rings (SSSR count). The fraction of sp³-hybridized carbons (Fsp3) is 0.154. The van der Waals surface area contributed by atoms with Crippen LogP contribution >= 0.6 is 0 Å². The molecule has 0 aliphatic carbocycles. The SMILES string of the molecule is CN=C(N=NN)c1cccccc(C)ccc1. The minimum Gasteiger partial charge on any atom is -0.305 e. The third kappa shape index (κ3) is 4.42. The molecular weight excluding hydrogens is 212 g/mol. The van der Waals surface area contributed by atoms with Gasteiger partial charge in [-0.1, -0.05) is 59.3 Å². The Morgan fingerprint density at radius 3 is 2.35 bits per heavy atom. The number of rotatable bonds is 1. The Morgan fingerprint density at radius 2 is 1.65 bits per heavy atom. The van der Waals surface area contributed by atoms with Gasteiger partial charge in [0.25, 0.3) is 0 Å². The number of hydrogen-bond acceptors (Lipinski definition) is 2. The second-order valence-electron chi connectivity index (χ2n) is 3.40. The maximum Gasteiger partial charge on any atom is 0.178 e. The number of amidine groups is 1. The normalized spacial score (nSPS) is 11.3. The Balaban J connectivity index is 3.30. The molecule has 0 aliphatic rings. The molecule has 4 heteroatoms. The molecule has 4 nitrogen and oxygen atoms in total. The van der Waals surface area contributed by atoms with E-state index < -0.39 is 0 Å². The molecule has 0 spiro atoms. The summed E-state index contributed by atoms with van der Waals surface area (Å²) in [5.74, 6) is 5.55. The van der Waals surface area contributed by atoms with Gasteiger partial charge in [0.1, 0.15) is 0 Å². The zero-order valence-electron chi connectivity index (χ0n) is 10.0. The fourth-order valence-electron chi connectivity index (χ4n) is 1.28. The van der Waals surface area contributed by atoms with Crippen LogP contribution < -0.4 is 5.84 Å². The number of nitrogens with two attached hydrogens (primary N) is 1. The molecule has 0 aromatic heterocycles. The standard InChI is InChI=1S/C13H16N4/c1-11-7-4-3-5-9-12(10-6-8-11)13(15-2)16-17-14/h3-10H,1-2H3,(H2,14,15,16). The highest BCUT2D eigenvalue weighted by molar-refractivity contribution is 5.98. The Bertz CT molecular complexity index is 477. The zero-order valence-corrected chi connectivity index (χ0v) is 10.0. The Hall–Kier alpha value is -2.23. The van der Waals surface area contributed by atoms with Gasteiger partial charge in [0.15, 0.2) is 5.84 Å². The molecule has 0 heterocycles. The van der Waals surface area contributed by atoms with Gasteiger partial charge in [-0.3, -0.25) is 4.99 Å². The molecule has 1 aromatic carbocycles. The van der Waals surface area contributed by atoms with Gasteiger partial charge in [0, 0.05) is 12.6 Å². The molecule has 88 valence electrons. The Morgan fingerprint density at radius 1 is 1.00 bits per heavy atom. The average molecular weight is 228 g/mol. The van der Waals surface area contributed by atoms with Gasteiger partial charge in [-0.2, -0.15) is 0 Å². The topological polar surface area (TPSA) is 63.1 Å². The van der Waals surface area contributed by atoms with Crippen molar-refractivity contribution in [2.75, 3.05) is 7.05 Å². The van der Waals surface area contributed by atoms with E-state index in [9.17, 15) is 0 Å². The van der Waals surface area contributed by atoms with Crippen LogP contribution in [-0.4, -0.2) is 12.9 Å². The van der Waals surface area contributed by atoms with Gasteiger partial charge in [-0.15, -0.1) is 5.11 Å². The molecule has 0 aliphatic heterocycles. The summed E-state index contributed by atoms with van der Waals surface area (Å²) in [5, 5.41) is 7.03.